The minimum atomic E-state index is -1.09. The summed E-state index contributed by atoms with van der Waals surface area (Å²) in [7, 11) is 1.62. The lowest BCUT2D eigenvalue weighted by atomic mass is 9.78. The lowest BCUT2D eigenvalue weighted by Crippen LogP contribution is -2.34. The molecule has 0 amide bonds. The quantitative estimate of drug-likeness (QED) is 0.551. The lowest BCUT2D eigenvalue weighted by molar-refractivity contribution is -0.148. The van der Waals surface area contributed by atoms with E-state index in [-0.39, 0.29) is 12.2 Å². The number of Topliss-reactive ketones (excluding diaryl/α,β-unsaturated/α-hetero) is 1. The zero-order chi connectivity index (χ0) is 22.0. The van der Waals surface area contributed by atoms with E-state index in [2.05, 4.69) is 12.1 Å². The van der Waals surface area contributed by atoms with Gasteiger partial charge in [-0.15, -0.1) is 0 Å². The molecule has 1 aliphatic rings. The van der Waals surface area contributed by atoms with Crippen LogP contribution in [-0.2, 0) is 24.1 Å². The average molecular weight is 415 g/mol. The smallest absolute Gasteiger partial charge is 0.310 e. The number of aryl methyl sites for hydroxylation is 1. The van der Waals surface area contributed by atoms with Gasteiger partial charge in [-0.25, -0.2) is 0 Å². The van der Waals surface area contributed by atoms with Crippen molar-refractivity contribution in [3.8, 4) is 5.75 Å². The predicted octanol–water partition coefficient (Wildman–Crippen LogP) is 5.04. The number of aliphatic carboxylic acids is 1. The first-order valence-corrected chi connectivity index (χ1v) is 10.5. The van der Waals surface area contributed by atoms with E-state index in [1.807, 2.05) is 49.4 Å². The maximum Gasteiger partial charge on any atom is 0.310 e. The summed E-state index contributed by atoms with van der Waals surface area (Å²) in [5.74, 6) is -0.340. The van der Waals surface area contributed by atoms with Gasteiger partial charge in [0.15, 0.2) is 5.78 Å². The molecule has 4 nitrogen and oxygen atoms in total. The molecule has 158 valence electrons. The maximum absolute atomic E-state index is 13.2. The molecule has 0 atom stereocenters. The first-order chi connectivity index (χ1) is 14.9. The van der Waals surface area contributed by atoms with E-state index in [0.29, 0.717) is 24.8 Å². The molecule has 0 radical (unpaired) electrons. The molecule has 0 spiro atoms. The Labute approximate surface area is 182 Å². The number of hydrogen-bond acceptors (Lipinski definition) is 3. The van der Waals surface area contributed by atoms with Gasteiger partial charge in [0.25, 0.3) is 0 Å². The molecule has 0 aromatic heterocycles. The van der Waals surface area contributed by atoms with Gasteiger partial charge >= 0.3 is 5.97 Å². The highest BCUT2D eigenvalue weighted by Crippen LogP contribution is 2.41. The van der Waals surface area contributed by atoms with Crippen molar-refractivity contribution < 1.29 is 19.4 Å². The Kier molecular flexibility index (Phi) is 5.64. The molecule has 0 unspecified atom stereocenters. The molecule has 1 aliphatic carbocycles. The topological polar surface area (TPSA) is 63.6 Å². The lowest BCUT2D eigenvalue weighted by Gasteiger charge is -2.23. The van der Waals surface area contributed by atoms with Crippen LogP contribution in [0.2, 0.25) is 0 Å². The van der Waals surface area contributed by atoms with Crippen molar-refractivity contribution in [1.29, 1.82) is 0 Å². The Morgan fingerprint density at radius 1 is 0.968 bits per heavy atom. The zero-order valence-corrected chi connectivity index (χ0v) is 17.9. The van der Waals surface area contributed by atoms with E-state index in [9.17, 15) is 14.7 Å². The SMILES string of the molecule is COc1ccc(C(=O)CC2(C(=O)O)Cc3ccccc3C2)cc1Cc1cccc(C)c1. The van der Waals surface area contributed by atoms with E-state index in [4.69, 9.17) is 4.74 Å². The average Bonchev–Trinajstić information content (AvgIpc) is 3.13. The number of fused-ring (bicyclic) bond motifs is 1. The van der Waals surface area contributed by atoms with E-state index in [0.717, 1.165) is 28.0 Å². The third kappa shape index (κ3) is 4.24. The van der Waals surface area contributed by atoms with Crippen LogP contribution in [0.3, 0.4) is 0 Å². The summed E-state index contributed by atoms with van der Waals surface area (Å²) in [5.41, 5.74) is 4.71. The van der Waals surface area contributed by atoms with Crippen LogP contribution in [0.15, 0.2) is 66.7 Å². The third-order valence-electron chi connectivity index (χ3n) is 6.21. The van der Waals surface area contributed by atoms with Gasteiger partial charge in [0.05, 0.1) is 12.5 Å². The number of benzene rings is 3. The number of carboxylic acids is 1. The van der Waals surface area contributed by atoms with Crippen molar-refractivity contribution in [1.82, 2.24) is 0 Å². The standard InChI is InChI=1S/C27H26O4/c1-18-6-5-7-19(12-18)13-23-14-20(10-11-25(23)31-2)24(28)17-27(26(29)30)15-21-8-3-4-9-22(21)16-27/h3-12,14H,13,15-17H2,1-2H3,(H,29,30). The van der Waals surface area contributed by atoms with Crippen LogP contribution in [0, 0.1) is 12.3 Å². The first kappa shape index (κ1) is 20.9. The highest BCUT2D eigenvalue weighted by molar-refractivity contribution is 5.99. The van der Waals surface area contributed by atoms with Crippen LogP contribution in [0.4, 0.5) is 0 Å². The van der Waals surface area contributed by atoms with Gasteiger partial charge in [0.2, 0.25) is 0 Å². The Morgan fingerprint density at radius 2 is 1.68 bits per heavy atom. The Balaban J connectivity index is 1.60. The fourth-order valence-corrected chi connectivity index (χ4v) is 4.59. The molecule has 3 aromatic carbocycles. The van der Waals surface area contributed by atoms with Crippen molar-refractivity contribution >= 4 is 11.8 Å². The minimum Gasteiger partial charge on any atom is -0.496 e. The monoisotopic (exact) mass is 414 g/mol. The van der Waals surface area contributed by atoms with E-state index in [1.165, 1.54) is 5.56 Å². The number of carboxylic acid groups (broad SMARTS) is 1. The van der Waals surface area contributed by atoms with Crippen LogP contribution in [0.5, 0.6) is 5.75 Å². The fourth-order valence-electron chi connectivity index (χ4n) is 4.59. The van der Waals surface area contributed by atoms with Gasteiger partial charge in [-0.1, -0.05) is 54.1 Å². The molecule has 3 aromatic rings. The number of rotatable bonds is 7. The molecular formula is C27H26O4. The second-order valence-electron chi connectivity index (χ2n) is 8.50. The highest BCUT2D eigenvalue weighted by Gasteiger charge is 2.45. The van der Waals surface area contributed by atoms with Crippen LogP contribution < -0.4 is 4.74 Å². The molecule has 0 aliphatic heterocycles. The van der Waals surface area contributed by atoms with E-state index < -0.39 is 11.4 Å². The summed E-state index contributed by atoms with van der Waals surface area (Å²) < 4.78 is 5.51. The Morgan fingerprint density at radius 3 is 2.29 bits per heavy atom. The van der Waals surface area contributed by atoms with E-state index in [1.54, 1.807) is 19.2 Å². The van der Waals surface area contributed by atoms with Crippen LogP contribution in [0.25, 0.3) is 0 Å². The number of hydrogen-bond donors (Lipinski definition) is 1. The second-order valence-corrected chi connectivity index (χ2v) is 8.50. The van der Waals surface area contributed by atoms with Gasteiger partial charge in [-0.3, -0.25) is 9.59 Å². The molecular weight excluding hydrogens is 388 g/mol. The largest absolute Gasteiger partial charge is 0.496 e. The summed E-state index contributed by atoms with van der Waals surface area (Å²) in [6.45, 7) is 2.05. The van der Waals surface area contributed by atoms with E-state index >= 15 is 0 Å². The van der Waals surface area contributed by atoms with Crippen molar-refractivity contribution in [3.05, 3.63) is 100 Å². The highest BCUT2D eigenvalue weighted by atomic mass is 16.5. The van der Waals surface area contributed by atoms with Gasteiger partial charge in [0, 0.05) is 18.4 Å². The molecule has 4 rings (SSSR count). The van der Waals surface area contributed by atoms with Crippen molar-refractivity contribution in [3.63, 3.8) is 0 Å². The molecule has 0 saturated carbocycles. The summed E-state index contributed by atoms with van der Waals surface area (Å²) in [5, 5.41) is 10.0. The summed E-state index contributed by atoms with van der Waals surface area (Å²) in [6.07, 6.45) is 1.39. The van der Waals surface area contributed by atoms with Crippen LogP contribution in [0.1, 0.15) is 44.6 Å². The summed E-state index contributed by atoms with van der Waals surface area (Å²) in [4.78, 5) is 25.4. The van der Waals surface area contributed by atoms with Crippen molar-refractivity contribution in [2.75, 3.05) is 7.11 Å². The van der Waals surface area contributed by atoms with Gasteiger partial charge in [-0.05, 0) is 60.2 Å². The molecule has 0 saturated heterocycles. The number of methoxy groups -OCH3 is 1. The summed E-state index contributed by atoms with van der Waals surface area (Å²) >= 11 is 0. The Bertz CT molecular complexity index is 1120. The molecule has 31 heavy (non-hydrogen) atoms. The maximum atomic E-state index is 13.2. The van der Waals surface area contributed by atoms with Gasteiger partial charge in [-0.2, -0.15) is 0 Å². The number of ether oxygens (including phenoxy) is 1. The number of ketones is 1. The number of carbonyl (C=O) groups is 2. The molecule has 0 bridgehead atoms. The van der Waals surface area contributed by atoms with Gasteiger partial charge < -0.3 is 9.84 Å². The van der Waals surface area contributed by atoms with Gasteiger partial charge in [0.1, 0.15) is 5.75 Å². The molecule has 0 heterocycles. The third-order valence-corrected chi connectivity index (χ3v) is 6.21. The molecule has 1 N–H and O–H groups in total. The molecule has 4 heteroatoms. The van der Waals surface area contributed by atoms with Crippen molar-refractivity contribution in [2.24, 2.45) is 5.41 Å². The fraction of sp³-hybridized carbons (Fsp3) is 0.259. The van der Waals surface area contributed by atoms with Crippen LogP contribution >= 0.6 is 0 Å². The summed E-state index contributed by atoms with van der Waals surface area (Å²) in [6, 6.07) is 21.4. The second kappa shape index (κ2) is 8.38. The molecule has 0 fully saturated rings. The predicted molar refractivity (Wildman–Crippen MR) is 120 cm³/mol. The normalized spacial score (nSPS) is 14.1. The van der Waals surface area contributed by atoms with Crippen molar-refractivity contribution in [2.45, 2.75) is 32.6 Å². The van der Waals surface area contributed by atoms with Crippen LogP contribution in [-0.4, -0.2) is 24.0 Å². The minimum absolute atomic E-state index is 0.0206. The zero-order valence-electron chi connectivity index (χ0n) is 17.9. The first-order valence-electron chi connectivity index (χ1n) is 10.5. The Hall–Kier alpha value is -3.40. The number of carbonyl (C=O) groups excluding carboxylic acids is 1.